The lowest BCUT2D eigenvalue weighted by Crippen LogP contribution is -2.53. The predicted octanol–water partition coefficient (Wildman–Crippen LogP) is 1.41. The van der Waals surface area contributed by atoms with Crippen molar-refractivity contribution in [1.82, 2.24) is 10.6 Å². The smallest absolute Gasteiger partial charge is 0.245 e. The average Bonchev–Trinajstić information content (AvgIpc) is 3.31. The van der Waals surface area contributed by atoms with E-state index in [9.17, 15) is 19.1 Å². The Bertz CT molecular complexity index is 570. The molecule has 0 spiro atoms. The Kier molecular flexibility index (Phi) is 5.96. The van der Waals surface area contributed by atoms with Crippen LogP contribution in [-0.4, -0.2) is 35.6 Å². The van der Waals surface area contributed by atoms with Crippen LogP contribution >= 0.6 is 11.6 Å². The van der Waals surface area contributed by atoms with Crippen molar-refractivity contribution in [3.05, 3.63) is 34.6 Å². The molecule has 1 aliphatic carbocycles. The Morgan fingerprint density at radius 1 is 1.43 bits per heavy atom. The van der Waals surface area contributed by atoms with Gasteiger partial charge in [-0.15, -0.1) is 0 Å². The van der Waals surface area contributed by atoms with Gasteiger partial charge >= 0.3 is 0 Å². The minimum absolute atomic E-state index is 0.0544. The minimum Gasteiger partial charge on any atom is -0.391 e. The van der Waals surface area contributed by atoms with Crippen molar-refractivity contribution in [2.75, 3.05) is 6.54 Å². The van der Waals surface area contributed by atoms with E-state index in [-0.39, 0.29) is 24.8 Å². The van der Waals surface area contributed by atoms with Gasteiger partial charge in [-0.25, -0.2) is 4.39 Å². The van der Waals surface area contributed by atoms with Crippen molar-refractivity contribution in [2.24, 2.45) is 5.92 Å². The number of nitrogens with one attached hydrogen (secondary N) is 2. The van der Waals surface area contributed by atoms with Gasteiger partial charge in [0.25, 0.3) is 0 Å². The number of amides is 2. The van der Waals surface area contributed by atoms with Crippen LogP contribution in [0.25, 0.3) is 0 Å². The Morgan fingerprint density at radius 3 is 2.70 bits per heavy atom. The molecule has 126 valence electrons. The van der Waals surface area contributed by atoms with Crippen molar-refractivity contribution >= 4 is 23.4 Å². The van der Waals surface area contributed by atoms with E-state index in [0.29, 0.717) is 10.6 Å². The van der Waals surface area contributed by atoms with E-state index in [1.807, 2.05) is 0 Å². The molecule has 1 aliphatic rings. The fourth-order valence-corrected chi connectivity index (χ4v) is 2.47. The molecule has 5 nitrogen and oxygen atoms in total. The van der Waals surface area contributed by atoms with Crippen molar-refractivity contribution in [3.8, 4) is 0 Å². The lowest BCUT2D eigenvalue weighted by molar-refractivity contribution is -0.132. The average molecular weight is 343 g/mol. The van der Waals surface area contributed by atoms with E-state index in [0.717, 1.165) is 12.8 Å². The predicted molar refractivity (Wildman–Crippen MR) is 84.5 cm³/mol. The zero-order chi connectivity index (χ0) is 17.0. The summed E-state index contributed by atoms with van der Waals surface area (Å²) in [4.78, 5) is 23.9. The number of halogens is 2. The second-order valence-electron chi connectivity index (χ2n) is 5.74. The van der Waals surface area contributed by atoms with Crippen molar-refractivity contribution in [3.63, 3.8) is 0 Å². The zero-order valence-corrected chi connectivity index (χ0v) is 13.6. The number of hydrogen-bond donors (Lipinski definition) is 3. The first-order valence-corrected chi connectivity index (χ1v) is 7.97. The first kappa shape index (κ1) is 17.7. The lowest BCUT2D eigenvalue weighted by Gasteiger charge is -2.21. The summed E-state index contributed by atoms with van der Waals surface area (Å²) in [6.45, 7) is 1.59. The van der Waals surface area contributed by atoms with Gasteiger partial charge in [0, 0.05) is 23.0 Å². The molecule has 2 unspecified atom stereocenters. The number of aliphatic hydroxyl groups excluding tert-OH is 1. The highest BCUT2D eigenvalue weighted by Gasteiger charge is 2.34. The number of benzene rings is 1. The fraction of sp³-hybridized carbons (Fsp3) is 0.500. The summed E-state index contributed by atoms with van der Waals surface area (Å²) in [6.07, 6.45) is 0.826. The molecule has 0 bridgehead atoms. The Hall–Kier alpha value is -1.66. The molecule has 3 N–H and O–H groups in total. The van der Waals surface area contributed by atoms with Crippen LogP contribution < -0.4 is 10.6 Å². The van der Waals surface area contributed by atoms with Crippen LogP contribution in [0.4, 0.5) is 4.39 Å². The maximum atomic E-state index is 13.6. The maximum Gasteiger partial charge on any atom is 0.245 e. The SMILES string of the molecule is CC(O)C(NC(=O)C1CC1)C(=O)NCCc1c(F)cccc1Cl. The molecule has 0 saturated heterocycles. The Labute approximate surface area is 139 Å². The van der Waals surface area contributed by atoms with Gasteiger partial charge in [-0.2, -0.15) is 0 Å². The Balaban J connectivity index is 1.87. The van der Waals surface area contributed by atoms with Gasteiger partial charge in [0.1, 0.15) is 11.9 Å². The van der Waals surface area contributed by atoms with Gasteiger partial charge < -0.3 is 15.7 Å². The first-order chi connectivity index (χ1) is 10.9. The van der Waals surface area contributed by atoms with Crippen LogP contribution in [0, 0.1) is 11.7 Å². The Morgan fingerprint density at radius 2 is 2.13 bits per heavy atom. The molecule has 0 heterocycles. The number of carbonyl (C=O) groups excluding carboxylic acids is 2. The summed E-state index contributed by atoms with van der Waals surface area (Å²) in [5.41, 5.74) is 0.324. The van der Waals surface area contributed by atoms with Crippen LogP contribution in [-0.2, 0) is 16.0 Å². The quantitative estimate of drug-likeness (QED) is 0.701. The summed E-state index contributed by atoms with van der Waals surface area (Å²) in [5, 5.41) is 15.1. The van der Waals surface area contributed by atoms with Crippen LogP contribution in [0.5, 0.6) is 0 Å². The van der Waals surface area contributed by atoms with Crippen LogP contribution in [0.3, 0.4) is 0 Å². The van der Waals surface area contributed by atoms with Gasteiger partial charge in [0.15, 0.2) is 0 Å². The topological polar surface area (TPSA) is 78.4 Å². The number of aliphatic hydroxyl groups is 1. The van der Waals surface area contributed by atoms with Crippen molar-refractivity contribution in [1.29, 1.82) is 0 Å². The highest BCUT2D eigenvalue weighted by atomic mass is 35.5. The molecule has 2 atom stereocenters. The molecule has 1 fully saturated rings. The second kappa shape index (κ2) is 7.75. The van der Waals surface area contributed by atoms with E-state index in [4.69, 9.17) is 11.6 Å². The zero-order valence-electron chi connectivity index (χ0n) is 12.8. The maximum absolute atomic E-state index is 13.6. The number of rotatable bonds is 7. The molecule has 23 heavy (non-hydrogen) atoms. The highest BCUT2D eigenvalue weighted by Crippen LogP contribution is 2.29. The summed E-state index contributed by atoms with van der Waals surface area (Å²) >= 11 is 5.92. The van der Waals surface area contributed by atoms with E-state index >= 15 is 0 Å². The monoisotopic (exact) mass is 342 g/mol. The standard InChI is InChI=1S/C16H20ClFN2O3/c1-9(21)14(20-15(22)10-5-6-10)16(23)19-8-7-11-12(17)3-2-4-13(11)18/h2-4,9-10,14,21H,5-8H2,1H3,(H,19,23)(H,20,22). The normalized spacial score (nSPS) is 16.5. The van der Waals surface area contributed by atoms with Gasteiger partial charge in [-0.05, 0) is 38.3 Å². The molecule has 1 aromatic rings. The van der Waals surface area contributed by atoms with E-state index < -0.39 is 23.9 Å². The number of carbonyl (C=O) groups is 2. The van der Waals surface area contributed by atoms with Crippen molar-refractivity contribution < 1.29 is 19.1 Å². The third-order valence-corrected chi connectivity index (χ3v) is 4.10. The molecule has 7 heteroatoms. The second-order valence-corrected chi connectivity index (χ2v) is 6.15. The summed E-state index contributed by atoms with van der Waals surface area (Å²) in [5.74, 6) is -1.20. The van der Waals surface area contributed by atoms with Gasteiger partial charge in [0.2, 0.25) is 11.8 Å². The molecular formula is C16H20ClFN2O3. The largest absolute Gasteiger partial charge is 0.391 e. The summed E-state index contributed by atoms with van der Waals surface area (Å²) in [6, 6.07) is 3.38. The summed E-state index contributed by atoms with van der Waals surface area (Å²) in [7, 11) is 0. The molecule has 0 aromatic heterocycles. The van der Waals surface area contributed by atoms with E-state index in [2.05, 4.69) is 10.6 Å². The first-order valence-electron chi connectivity index (χ1n) is 7.59. The van der Waals surface area contributed by atoms with Crippen molar-refractivity contribution in [2.45, 2.75) is 38.3 Å². The minimum atomic E-state index is -1.02. The highest BCUT2D eigenvalue weighted by molar-refractivity contribution is 6.31. The van der Waals surface area contributed by atoms with Crippen LogP contribution in [0.15, 0.2) is 18.2 Å². The van der Waals surface area contributed by atoms with Crippen LogP contribution in [0.1, 0.15) is 25.3 Å². The number of hydrogen-bond acceptors (Lipinski definition) is 3. The molecular weight excluding hydrogens is 323 g/mol. The molecule has 1 saturated carbocycles. The third-order valence-electron chi connectivity index (χ3n) is 3.75. The van der Waals surface area contributed by atoms with Gasteiger partial charge in [-0.1, -0.05) is 17.7 Å². The molecule has 0 radical (unpaired) electrons. The molecule has 0 aliphatic heterocycles. The van der Waals surface area contributed by atoms with E-state index in [1.54, 1.807) is 6.07 Å². The van der Waals surface area contributed by atoms with Crippen LogP contribution in [0.2, 0.25) is 5.02 Å². The molecule has 2 rings (SSSR count). The molecule has 2 amide bonds. The molecule has 1 aromatic carbocycles. The fourth-order valence-electron chi connectivity index (χ4n) is 2.21. The lowest BCUT2D eigenvalue weighted by atomic mass is 10.1. The third kappa shape index (κ3) is 4.91. The summed E-state index contributed by atoms with van der Waals surface area (Å²) < 4.78 is 13.6. The van der Waals surface area contributed by atoms with Gasteiger partial charge in [-0.3, -0.25) is 9.59 Å². The van der Waals surface area contributed by atoms with E-state index in [1.165, 1.54) is 19.1 Å². The van der Waals surface area contributed by atoms with Gasteiger partial charge in [0.05, 0.1) is 6.10 Å².